The molecule has 3 rings (SSSR count). The van der Waals surface area contributed by atoms with Gasteiger partial charge in [0.25, 0.3) is 5.91 Å². The highest BCUT2D eigenvalue weighted by Gasteiger charge is 2.18. The number of anilines is 1. The number of hydrogen-bond donors (Lipinski definition) is 2. The SMILES string of the molecule is CCOc1ccc(C(=O)Nc2nnc(SCC(=O)NC3CCCC3)s2)cc1. The van der Waals surface area contributed by atoms with E-state index in [0.717, 1.165) is 18.6 Å². The summed E-state index contributed by atoms with van der Waals surface area (Å²) in [6, 6.07) is 7.22. The number of carbonyl (C=O) groups is 2. The average Bonchev–Trinajstić information content (AvgIpc) is 3.33. The van der Waals surface area contributed by atoms with Gasteiger partial charge < -0.3 is 10.1 Å². The van der Waals surface area contributed by atoms with Crippen molar-refractivity contribution in [3.63, 3.8) is 0 Å². The van der Waals surface area contributed by atoms with Gasteiger partial charge in [-0.3, -0.25) is 14.9 Å². The van der Waals surface area contributed by atoms with E-state index in [2.05, 4.69) is 20.8 Å². The molecular weight excluding hydrogens is 384 g/mol. The maximum absolute atomic E-state index is 12.3. The predicted octanol–water partition coefficient (Wildman–Crippen LogP) is 3.34. The zero-order chi connectivity index (χ0) is 19.1. The van der Waals surface area contributed by atoms with Crippen molar-refractivity contribution in [3.05, 3.63) is 29.8 Å². The van der Waals surface area contributed by atoms with Gasteiger partial charge in [-0.1, -0.05) is 35.9 Å². The molecule has 1 aromatic carbocycles. The smallest absolute Gasteiger partial charge is 0.257 e. The van der Waals surface area contributed by atoms with Crippen LogP contribution >= 0.6 is 23.1 Å². The van der Waals surface area contributed by atoms with Gasteiger partial charge >= 0.3 is 0 Å². The topological polar surface area (TPSA) is 93.2 Å². The zero-order valence-corrected chi connectivity index (χ0v) is 16.7. The fraction of sp³-hybridized carbons (Fsp3) is 0.444. The Kier molecular flexibility index (Phi) is 7.05. The Bertz CT molecular complexity index is 773. The number of hydrogen-bond acceptors (Lipinski definition) is 7. The lowest BCUT2D eigenvalue weighted by molar-refractivity contribution is -0.119. The second-order valence-corrected chi connectivity index (χ2v) is 8.32. The van der Waals surface area contributed by atoms with Gasteiger partial charge in [-0.05, 0) is 44.0 Å². The Hall–Kier alpha value is -2.13. The fourth-order valence-corrected chi connectivity index (χ4v) is 4.38. The van der Waals surface area contributed by atoms with Crippen LogP contribution in [0.2, 0.25) is 0 Å². The highest BCUT2D eigenvalue weighted by atomic mass is 32.2. The Labute approximate surface area is 166 Å². The molecular formula is C18H22N4O3S2. The number of amides is 2. The number of nitrogens with zero attached hydrogens (tertiary/aromatic N) is 2. The Morgan fingerprint density at radius 1 is 1.22 bits per heavy atom. The molecule has 2 N–H and O–H groups in total. The van der Waals surface area contributed by atoms with Crippen molar-refractivity contribution in [2.75, 3.05) is 17.7 Å². The largest absolute Gasteiger partial charge is 0.494 e. The molecule has 0 radical (unpaired) electrons. The van der Waals surface area contributed by atoms with Crippen LogP contribution in [0.25, 0.3) is 0 Å². The molecule has 1 aliphatic rings. The summed E-state index contributed by atoms with van der Waals surface area (Å²) in [5.74, 6) is 0.782. The minimum atomic E-state index is -0.260. The number of thioether (sulfide) groups is 1. The lowest BCUT2D eigenvalue weighted by Gasteiger charge is -2.10. The third kappa shape index (κ3) is 5.93. The van der Waals surface area contributed by atoms with Gasteiger partial charge in [-0.2, -0.15) is 0 Å². The molecule has 9 heteroatoms. The Morgan fingerprint density at radius 3 is 2.67 bits per heavy atom. The van der Waals surface area contributed by atoms with Crippen molar-refractivity contribution in [1.82, 2.24) is 15.5 Å². The van der Waals surface area contributed by atoms with Gasteiger partial charge in [-0.25, -0.2) is 0 Å². The molecule has 0 saturated heterocycles. The summed E-state index contributed by atoms with van der Waals surface area (Å²) in [5.41, 5.74) is 0.513. The molecule has 0 spiro atoms. The van der Waals surface area contributed by atoms with Gasteiger partial charge in [0.2, 0.25) is 11.0 Å². The molecule has 1 aromatic heterocycles. The highest BCUT2D eigenvalue weighted by molar-refractivity contribution is 8.01. The summed E-state index contributed by atoms with van der Waals surface area (Å²) in [6.45, 7) is 2.49. The van der Waals surface area contributed by atoms with Crippen LogP contribution in [0.5, 0.6) is 5.75 Å². The van der Waals surface area contributed by atoms with Crippen molar-refractivity contribution in [3.8, 4) is 5.75 Å². The number of rotatable bonds is 8. The summed E-state index contributed by atoms with van der Waals surface area (Å²) < 4.78 is 6.01. The molecule has 1 aliphatic carbocycles. The van der Waals surface area contributed by atoms with Crippen LogP contribution in [0.4, 0.5) is 5.13 Å². The van der Waals surface area contributed by atoms with E-state index in [1.807, 2.05) is 6.92 Å². The van der Waals surface area contributed by atoms with Gasteiger partial charge in [0.15, 0.2) is 4.34 Å². The number of benzene rings is 1. The average molecular weight is 407 g/mol. The molecule has 2 amide bonds. The van der Waals surface area contributed by atoms with E-state index in [9.17, 15) is 9.59 Å². The first-order valence-electron chi connectivity index (χ1n) is 8.94. The van der Waals surface area contributed by atoms with Crippen LogP contribution < -0.4 is 15.4 Å². The normalized spacial score (nSPS) is 14.1. The van der Waals surface area contributed by atoms with Crippen LogP contribution in [-0.2, 0) is 4.79 Å². The van der Waals surface area contributed by atoms with E-state index in [1.54, 1.807) is 24.3 Å². The fourth-order valence-electron chi connectivity index (χ4n) is 2.82. The van der Waals surface area contributed by atoms with E-state index >= 15 is 0 Å². The van der Waals surface area contributed by atoms with Gasteiger partial charge in [-0.15, -0.1) is 10.2 Å². The number of carbonyl (C=O) groups excluding carboxylic acids is 2. The van der Waals surface area contributed by atoms with E-state index in [0.29, 0.717) is 33.4 Å². The molecule has 1 fully saturated rings. The molecule has 0 bridgehead atoms. The van der Waals surface area contributed by atoms with Gasteiger partial charge in [0.1, 0.15) is 5.75 Å². The third-order valence-corrected chi connectivity index (χ3v) is 6.07. The molecule has 2 aromatic rings. The van der Waals surface area contributed by atoms with Crippen LogP contribution in [0.3, 0.4) is 0 Å². The minimum Gasteiger partial charge on any atom is -0.494 e. The molecule has 7 nitrogen and oxygen atoms in total. The van der Waals surface area contributed by atoms with Crippen molar-refractivity contribution < 1.29 is 14.3 Å². The molecule has 0 unspecified atom stereocenters. The zero-order valence-electron chi connectivity index (χ0n) is 15.1. The van der Waals surface area contributed by atoms with E-state index < -0.39 is 0 Å². The Balaban J connectivity index is 1.46. The van der Waals surface area contributed by atoms with Crippen molar-refractivity contribution >= 4 is 40.0 Å². The summed E-state index contributed by atoms with van der Waals surface area (Å²) in [6.07, 6.45) is 4.51. The van der Waals surface area contributed by atoms with Crippen molar-refractivity contribution in [2.45, 2.75) is 43.0 Å². The summed E-state index contributed by atoms with van der Waals surface area (Å²) in [4.78, 5) is 24.2. The summed E-state index contributed by atoms with van der Waals surface area (Å²) >= 11 is 2.58. The van der Waals surface area contributed by atoms with Crippen LogP contribution in [0, 0.1) is 0 Å². The lowest BCUT2D eigenvalue weighted by Crippen LogP contribution is -2.33. The van der Waals surface area contributed by atoms with Gasteiger partial charge in [0, 0.05) is 11.6 Å². The van der Waals surface area contributed by atoms with Crippen LogP contribution in [-0.4, -0.2) is 40.4 Å². The maximum atomic E-state index is 12.3. The van der Waals surface area contributed by atoms with Gasteiger partial charge in [0.05, 0.1) is 12.4 Å². The summed E-state index contributed by atoms with van der Waals surface area (Å²) in [5, 5.41) is 14.2. The number of nitrogens with one attached hydrogen (secondary N) is 2. The second-order valence-electron chi connectivity index (χ2n) is 6.12. The lowest BCUT2D eigenvalue weighted by atomic mass is 10.2. The first-order chi connectivity index (χ1) is 13.1. The summed E-state index contributed by atoms with van der Waals surface area (Å²) in [7, 11) is 0. The maximum Gasteiger partial charge on any atom is 0.257 e. The molecule has 0 atom stereocenters. The van der Waals surface area contributed by atoms with E-state index in [-0.39, 0.29) is 11.8 Å². The van der Waals surface area contributed by atoms with E-state index in [4.69, 9.17) is 4.74 Å². The molecule has 144 valence electrons. The third-order valence-electron chi connectivity index (χ3n) is 4.10. The number of ether oxygens (including phenoxy) is 1. The number of aromatic nitrogens is 2. The molecule has 1 saturated carbocycles. The van der Waals surface area contributed by atoms with Crippen molar-refractivity contribution in [1.29, 1.82) is 0 Å². The molecule has 27 heavy (non-hydrogen) atoms. The second kappa shape index (κ2) is 9.70. The van der Waals surface area contributed by atoms with Crippen molar-refractivity contribution in [2.24, 2.45) is 0 Å². The minimum absolute atomic E-state index is 0.0158. The molecule has 1 heterocycles. The quantitative estimate of drug-likeness (QED) is 0.516. The van der Waals surface area contributed by atoms with Crippen LogP contribution in [0.1, 0.15) is 43.0 Å². The van der Waals surface area contributed by atoms with Crippen LogP contribution in [0.15, 0.2) is 28.6 Å². The molecule has 0 aliphatic heterocycles. The standard InChI is InChI=1S/C18H22N4O3S2/c1-2-25-14-9-7-12(8-10-14)16(24)20-17-21-22-18(27-17)26-11-15(23)19-13-5-3-4-6-13/h7-10,13H,2-6,11H2,1H3,(H,19,23)(H,20,21,24). The monoisotopic (exact) mass is 406 g/mol. The predicted molar refractivity (Wildman–Crippen MR) is 107 cm³/mol. The van der Waals surface area contributed by atoms with E-state index in [1.165, 1.54) is 35.9 Å². The Morgan fingerprint density at radius 2 is 1.96 bits per heavy atom. The first kappa shape index (κ1) is 19.6. The highest BCUT2D eigenvalue weighted by Crippen LogP contribution is 2.26. The first-order valence-corrected chi connectivity index (χ1v) is 10.7.